The van der Waals surface area contributed by atoms with E-state index in [0.29, 0.717) is 23.6 Å². The van der Waals surface area contributed by atoms with E-state index in [4.69, 9.17) is 0 Å². The number of aromatic nitrogens is 1. The van der Waals surface area contributed by atoms with E-state index in [2.05, 4.69) is 15.6 Å². The van der Waals surface area contributed by atoms with E-state index in [1.807, 2.05) is 54.8 Å². The quantitative estimate of drug-likeness (QED) is 0.696. The molecule has 4 rings (SSSR count). The van der Waals surface area contributed by atoms with Crippen LogP contribution in [0.5, 0.6) is 0 Å². The minimum atomic E-state index is -0.214. The Morgan fingerprint density at radius 3 is 2.86 bits per heavy atom. The third-order valence-corrected chi connectivity index (χ3v) is 5.68. The van der Waals surface area contributed by atoms with Crippen LogP contribution in [0.25, 0.3) is 0 Å². The average Bonchev–Trinajstić information content (AvgIpc) is 3.25. The zero-order chi connectivity index (χ0) is 19.5. The lowest BCUT2D eigenvalue weighted by molar-refractivity contribution is -0.117. The Bertz CT molecular complexity index is 989. The Morgan fingerprint density at radius 2 is 2.11 bits per heavy atom. The Morgan fingerprint density at radius 1 is 1.29 bits per heavy atom. The lowest BCUT2D eigenvalue weighted by atomic mass is 10.1. The van der Waals surface area contributed by atoms with Crippen molar-refractivity contribution in [3.8, 4) is 0 Å². The molecule has 2 N–H and O–H groups in total. The number of pyridine rings is 1. The van der Waals surface area contributed by atoms with Gasteiger partial charge < -0.3 is 15.5 Å². The zero-order valence-corrected chi connectivity index (χ0v) is 16.2. The summed E-state index contributed by atoms with van der Waals surface area (Å²) in [6.07, 6.45) is 1.54. The molecule has 0 bridgehead atoms. The molecule has 0 fully saturated rings. The van der Waals surface area contributed by atoms with Gasteiger partial charge in [0.25, 0.3) is 5.91 Å². The number of rotatable bonds is 5. The first kappa shape index (κ1) is 18.2. The van der Waals surface area contributed by atoms with E-state index < -0.39 is 0 Å². The molecule has 1 aliphatic rings. The molecule has 1 atom stereocenters. The Labute approximate surface area is 167 Å². The van der Waals surface area contributed by atoms with Crippen LogP contribution in [0.2, 0.25) is 0 Å². The van der Waals surface area contributed by atoms with Gasteiger partial charge in [0.05, 0.1) is 30.4 Å². The van der Waals surface area contributed by atoms with E-state index in [9.17, 15) is 9.59 Å². The van der Waals surface area contributed by atoms with E-state index >= 15 is 0 Å². The third kappa shape index (κ3) is 3.75. The number of nitrogens with zero attached hydrogens (tertiary/aromatic N) is 2. The van der Waals surface area contributed by atoms with Gasteiger partial charge in [-0.1, -0.05) is 36.4 Å². The Kier molecular flexibility index (Phi) is 5.08. The van der Waals surface area contributed by atoms with E-state index in [1.54, 1.807) is 28.5 Å². The molecule has 0 radical (unpaired) electrons. The number of carbonyl (C=O) groups is 2. The maximum absolute atomic E-state index is 12.7. The van der Waals surface area contributed by atoms with Gasteiger partial charge in [0.2, 0.25) is 5.91 Å². The SMILES string of the molecule is CC(NC(=O)c1cnc2c(c1)N(Cc1ccccc1)C(=O)CN2)c1cccs1. The summed E-state index contributed by atoms with van der Waals surface area (Å²) in [5.41, 5.74) is 2.07. The number of thiophene rings is 1. The molecule has 7 heteroatoms. The number of fused-ring (bicyclic) bond motifs is 1. The second kappa shape index (κ2) is 7.82. The molecule has 0 saturated heterocycles. The van der Waals surface area contributed by atoms with E-state index in [0.717, 1.165) is 10.4 Å². The van der Waals surface area contributed by atoms with Gasteiger partial charge in [-0.25, -0.2) is 4.98 Å². The number of amides is 2. The molecule has 1 unspecified atom stereocenters. The topological polar surface area (TPSA) is 74.3 Å². The molecule has 0 saturated carbocycles. The summed E-state index contributed by atoms with van der Waals surface area (Å²) in [5, 5.41) is 8.00. The van der Waals surface area contributed by atoms with E-state index in [1.165, 1.54) is 0 Å². The van der Waals surface area contributed by atoms with Crippen LogP contribution in [0.4, 0.5) is 11.5 Å². The summed E-state index contributed by atoms with van der Waals surface area (Å²) in [6.45, 7) is 2.57. The predicted molar refractivity (Wildman–Crippen MR) is 111 cm³/mol. The summed E-state index contributed by atoms with van der Waals surface area (Å²) in [7, 11) is 0. The van der Waals surface area contributed by atoms with Crippen LogP contribution in [0.15, 0.2) is 60.1 Å². The number of carbonyl (C=O) groups excluding carboxylic acids is 2. The van der Waals surface area contributed by atoms with Crippen molar-refractivity contribution in [3.63, 3.8) is 0 Å². The first-order valence-electron chi connectivity index (χ1n) is 9.04. The van der Waals surface area contributed by atoms with Crippen LogP contribution in [-0.4, -0.2) is 23.3 Å². The molecular weight excluding hydrogens is 372 g/mol. The molecule has 3 aromatic rings. The van der Waals surface area contributed by atoms with Crippen molar-refractivity contribution < 1.29 is 9.59 Å². The predicted octanol–water partition coefficient (Wildman–Crippen LogP) is 3.59. The van der Waals surface area contributed by atoms with Crippen molar-refractivity contribution in [2.45, 2.75) is 19.5 Å². The molecule has 2 amide bonds. The minimum absolute atomic E-state index is 0.0531. The van der Waals surface area contributed by atoms with Gasteiger partial charge in [-0.05, 0) is 30.0 Å². The molecule has 1 aromatic carbocycles. The highest BCUT2D eigenvalue weighted by Gasteiger charge is 2.26. The lowest BCUT2D eigenvalue weighted by Crippen LogP contribution is -2.40. The standard InChI is InChI=1S/C21H20N4O2S/c1-14(18-8-5-9-28-18)24-21(27)16-10-17-20(22-11-16)23-12-19(26)25(17)13-15-6-3-2-4-7-15/h2-11,14H,12-13H2,1H3,(H,22,23)(H,24,27). The van der Waals surface area contributed by atoms with E-state index in [-0.39, 0.29) is 24.4 Å². The fraction of sp³-hybridized carbons (Fsp3) is 0.190. The maximum Gasteiger partial charge on any atom is 0.253 e. The van der Waals surface area contributed by atoms with Crippen molar-refractivity contribution in [2.24, 2.45) is 0 Å². The molecule has 6 nitrogen and oxygen atoms in total. The third-order valence-electron chi connectivity index (χ3n) is 4.63. The molecule has 2 aromatic heterocycles. The van der Waals surface area contributed by atoms with Gasteiger partial charge in [-0.3, -0.25) is 9.59 Å². The van der Waals surface area contributed by atoms with Crippen molar-refractivity contribution in [1.82, 2.24) is 10.3 Å². The fourth-order valence-electron chi connectivity index (χ4n) is 3.14. The summed E-state index contributed by atoms with van der Waals surface area (Å²) in [4.78, 5) is 32.4. The first-order chi connectivity index (χ1) is 13.6. The largest absolute Gasteiger partial charge is 0.359 e. The Hall–Kier alpha value is -3.19. The summed E-state index contributed by atoms with van der Waals surface area (Å²) in [5.74, 6) is 0.343. The fourth-order valence-corrected chi connectivity index (χ4v) is 3.87. The van der Waals surface area contributed by atoms with Crippen LogP contribution in [0.3, 0.4) is 0 Å². The maximum atomic E-state index is 12.7. The normalized spacial score (nSPS) is 14.2. The van der Waals surface area contributed by atoms with Crippen LogP contribution in [-0.2, 0) is 11.3 Å². The van der Waals surface area contributed by atoms with Gasteiger partial charge in [0.1, 0.15) is 0 Å². The summed E-state index contributed by atoms with van der Waals surface area (Å²) < 4.78 is 0. The van der Waals surface area contributed by atoms with Crippen LogP contribution in [0.1, 0.15) is 33.8 Å². The van der Waals surface area contributed by atoms with Crippen molar-refractivity contribution >= 4 is 34.7 Å². The van der Waals surface area contributed by atoms with Gasteiger partial charge in [0, 0.05) is 11.1 Å². The molecule has 0 aliphatic carbocycles. The number of anilines is 2. The first-order valence-corrected chi connectivity index (χ1v) is 9.92. The van der Waals surface area contributed by atoms with Gasteiger partial charge in [-0.15, -0.1) is 11.3 Å². The smallest absolute Gasteiger partial charge is 0.253 e. The van der Waals surface area contributed by atoms with Gasteiger partial charge in [-0.2, -0.15) is 0 Å². The monoisotopic (exact) mass is 392 g/mol. The summed E-state index contributed by atoms with van der Waals surface area (Å²) in [6, 6.07) is 15.4. The van der Waals surface area contributed by atoms with Gasteiger partial charge in [0.15, 0.2) is 5.82 Å². The van der Waals surface area contributed by atoms with Gasteiger partial charge >= 0.3 is 0 Å². The number of nitrogens with one attached hydrogen (secondary N) is 2. The van der Waals surface area contributed by atoms with Crippen molar-refractivity contribution in [2.75, 3.05) is 16.8 Å². The molecule has 0 spiro atoms. The second-order valence-corrected chi connectivity index (χ2v) is 7.60. The highest BCUT2D eigenvalue weighted by Crippen LogP contribution is 2.30. The second-order valence-electron chi connectivity index (χ2n) is 6.62. The Balaban J connectivity index is 1.58. The number of hydrogen-bond donors (Lipinski definition) is 2. The minimum Gasteiger partial charge on any atom is -0.359 e. The molecule has 28 heavy (non-hydrogen) atoms. The van der Waals surface area contributed by atoms with Crippen LogP contribution in [0, 0.1) is 0 Å². The van der Waals surface area contributed by atoms with Crippen LogP contribution < -0.4 is 15.5 Å². The highest BCUT2D eigenvalue weighted by atomic mass is 32.1. The molecule has 142 valence electrons. The molecule has 3 heterocycles. The number of hydrogen-bond acceptors (Lipinski definition) is 5. The average molecular weight is 392 g/mol. The summed E-state index contributed by atoms with van der Waals surface area (Å²) >= 11 is 1.60. The highest BCUT2D eigenvalue weighted by molar-refractivity contribution is 7.10. The molecule has 1 aliphatic heterocycles. The van der Waals surface area contributed by atoms with Crippen molar-refractivity contribution in [1.29, 1.82) is 0 Å². The zero-order valence-electron chi connectivity index (χ0n) is 15.4. The van der Waals surface area contributed by atoms with Crippen LogP contribution >= 0.6 is 11.3 Å². The lowest BCUT2D eigenvalue weighted by Gasteiger charge is -2.30. The van der Waals surface area contributed by atoms with Crippen molar-refractivity contribution in [3.05, 3.63) is 76.1 Å². The molecular formula is C21H20N4O2S. The number of benzene rings is 1.